The number of carbonyl (C=O) groups excluding carboxylic acids is 1. The van der Waals surface area contributed by atoms with E-state index in [2.05, 4.69) is 0 Å². The minimum Gasteiger partial charge on any atom is -0.426 e. The lowest BCUT2D eigenvalue weighted by Crippen LogP contribution is -2.07. The van der Waals surface area contributed by atoms with Gasteiger partial charge in [0.25, 0.3) is 0 Å². The molecule has 0 aliphatic carbocycles. The van der Waals surface area contributed by atoms with E-state index in [-0.39, 0.29) is 11.3 Å². The van der Waals surface area contributed by atoms with Gasteiger partial charge in [0.1, 0.15) is 10.8 Å². The minimum atomic E-state index is -4.62. The highest BCUT2D eigenvalue weighted by molar-refractivity contribution is 6.32. The molecule has 0 saturated heterocycles. The highest BCUT2D eigenvalue weighted by atomic mass is 35.5. The summed E-state index contributed by atoms with van der Waals surface area (Å²) in [4.78, 5) is 10.7. The van der Waals surface area contributed by atoms with Crippen LogP contribution >= 0.6 is 11.6 Å². The molecule has 0 heterocycles. The highest BCUT2D eigenvalue weighted by Crippen LogP contribution is 2.32. The Labute approximate surface area is 101 Å². The van der Waals surface area contributed by atoms with E-state index in [0.29, 0.717) is 6.08 Å². The maximum atomic E-state index is 12.2. The third-order valence-electron chi connectivity index (χ3n) is 1.73. The Morgan fingerprint density at radius 2 is 1.94 bits per heavy atom. The van der Waals surface area contributed by atoms with Crippen LogP contribution in [0.5, 0.6) is 5.75 Å². The van der Waals surface area contributed by atoms with Gasteiger partial charge in [-0.15, -0.1) is 0 Å². The van der Waals surface area contributed by atoms with Crippen LogP contribution in [0.25, 0.3) is 6.08 Å². The molecule has 0 radical (unpaired) electrons. The molecule has 0 fully saturated rings. The molecule has 92 valence electrons. The number of hydrogen-bond acceptors (Lipinski definition) is 2. The van der Waals surface area contributed by atoms with E-state index in [1.807, 2.05) is 0 Å². The molecule has 1 aromatic rings. The topological polar surface area (TPSA) is 26.3 Å². The Morgan fingerprint density at radius 1 is 1.35 bits per heavy atom. The van der Waals surface area contributed by atoms with Gasteiger partial charge in [0, 0.05) is 12.5 Å². The molecule has 1 aromatic carbocycles. The smallest absolute Gasteiger partial charge is 0.426 e. The number of carbonyl (C=O) groups is 1. The third kappa shape index (κ3) is 4.11. The molecule has 0 aromatic heterocycles. The molecule has 0 spiro atoms. The first-order chi connectivity index (χ1) is 7.80. The van der Waals surface area contributed by atoms with Gasteiger partial charge in [-0.2, -0.15) is 13.2 Å². The summed E-state index contributed by atoms with van der Waals surface area (Å²) >= 11 is 5.10. The largest absolute Gasteiger partial charge is 0.426 e. The van der Waals surface area contributed by atoms with E-state index in [1.165, 1.54) is 24.3 Å². The Morgan fingerprint density at radius 3 is 2.47 bits per heavy atom. The molecule has 0 atom stereocenters. The first-order valence-corrected chi connectivity index (χ1v) is 4.90. The number of halogens is 4. The Balaban J connectivity index is 3.10. The number of benzene rings is 1. The van der Waals surface area contributed by atoms with Crippen LogP contribution in [0.3, 0.4) is 0 Å². The molecule has 0 unspecified atom stereocenters. The molecule has 0 N–H and O–H groups in total. The van der Waals surface area contributed by atoms with Crippen molar-refractivity contribution in [3.8, 4) is 5.75 Å². The maximum absolute atomic E-state index is 12.2. The van der Waals surface area contributed by atoms with Crippen molar-refractivity contribution in [1.29, 1.82) is 0 Å². The number of para-hydroxylation sites is 1. The van der Waals surface area contributed by atoms with Gasteiger partial charge >= 0.3 is 12.1 Å². The zero-order valence-electron chi connectivity index (χ0n) is 8.72. The molecule has 0 saturated carbocycles. The molecule has 2 nitrogen and oxygen atoms in total. The fraction of sp³-hybridized carbons (Fsp3) is 0.182. The quantitative estimate of drug-likeness (QED) is 0.601. The predicted octanol–water partition coefficient (Wildman–Crippen LogP) is 3.75. The van der Waals surface area contributed by atoms with Gasteiger partial charge in [-0.25, -0.2) is 0 Å². The summed E-state index contributed by atoms with van der Waals surface area (Å²) in [5.74, 6) is -0.587. The maximum Gasteiger partial charge on any atom is 0.426 e. The van der Waals surface area contributed by atoms with Gasteiger partial charge in [-0.05, 0) is 12.1 Å². The summed E-state index contributed by atoms with van der Waals surface area (Å²) in [6.45, 7) is 1.16. The first-order valence-electron chi connectivity index (χ1n) is 4.52. The molecule has 1 rings (SSSR count). The monoisotopic (exact) mass is 264 g/mol. The number of ether oxygens (including phenoxy) is 1. The zero-order chi connectivity index (χ0) is 13.1. The Kier molecular flexibility index (Phi) is 4.17. The number of hydrogen-bond donors (Lipinski definition) is 0. The second kappa shape index (κ2) is 5.23. The number of esters is 1. The predicted molar refractivity (Wildman–Crippen MR) is 57.6 cm³/mol. The van der Waals surface area contributed by atoms with Crippen LogP contribution < -0.4 is 4.74 Å². The van der Waals surface area contributed by atoms with Gasteiger partial charge in [-0.3, -0.25) is 4.79 Å². The molecular weight excluding hydrogens is 257 g/mol. The lowest BCUT2D eigenvalue weighted by Gasteiger charge is -2.07. The second-order valence-electron chi connectivity index (χ2n) is 3.12. The standard InChI is InChI=1S/C11H8ClF3O2/c1-7(16)17-9-5-3-2-4-8(9)6-10(12)11(13,14)15/h2-6H,1H3/b10-6-. The van der Waals surface area contributed by atoms with Crippen molar-refractivity contribution >= 4 is 23.6 Å². The summed E-state index contributed by atoms with van der Waals surface area (Å²) in [6.07, 6.45) is -3.91. The van der Waals surface area contributed by atoms with Crippen LogP contribution in [0.1, 0.15) is 12.5 Å². The number of allylic oxidation sites excluding steroid dienone is 1. The lowest BCUT2D eigenvalue weighted by molar-refractivity contribution is -0.131. The summed E-state index contributed by atoms with van der Waals surface area (Å²) in [6, 6.07) is 5.80. The van der Waals surface area contributed by atoms with E-state index >= 15 is 0 Å². The normalized spacial score (nSPS) is 12.4. The average Bonchev–Trinajstić information content (AvgIpc) is 2.18. The van der Waals surface area contributed by atoms with Gasteiger partial charge in [0.2, 0.25) is 0 Å². The molecular formula is C11H8ClF3O2. The summed E-state index contributed by atoms with van der Waals surface area (Å²) in [5, 5.41) is -1.28. The molecule has 0 amide bonds. The van der Waals surface area contributed by atoms with Gasteiger partial charge in [0.15, 0.2) is 0 Å². The van der Waals surface area contributed by atoms with Crippen LogP contribution in [-0.2, 0) is 4.79 Å². The van der Waals surface area contributed by atoms with E-state index in [0.717, 1.165) is 6.92 Å². The van der Waals surface area contributed by atoms with Crippen LogP contribution in [0.4, 0.5) is 13.2 Å². The molecule has 17 heavy (non-hydrogen) atoms. The van der Waals surface area contributed by atoms with Crippen molar-refractivity contribution in [2.24, 2.45) is 0 Å². The second-order valence-corrected chi connectivity index (χ2v) is 3.53. The molecule has 6 heteroatoms. The van der Waals surface area contributed by atoms with Crippen molar-refractivity contribution in [3.63, 3.8) is 0 Å². The van der Waals surface area contributed by atoms with Crippen molar-refractivity contribution in [2.75, 3.05) is 0 Å². The van der Waals surface area contributed by atoms with E-state index in [9.17, 15) is 18.0 Å². The van der Waals surface area contributed by atoms with Crippen LogP contribution in [0, 0.1) is 0 Å². The molecule has 0 bridgehead atoms. The Hall–Kier alpha value is -1.49. The van der Waals surface area contributed by atoms with E-state index < -0.39 is 17.2 Å². The summed E-state index contributed by atoms with van der Waals surface area (Å²) in [7, 11) is 0. The van der Waals surface area contributed by atoms with Crippen molar-refractivity contribution < 1.29 is 22.7 Å². The third-order valence-corrected chi connectivity index (χ3v) is 2.05. The van der Waals surface area contributed by atoms with Crippen LogP contribution in [0.15, 0.2) is 29.3 Å². The van der Waals surface area contributed by atoms with Crippen LogP contribution in [-0.4, -0.2) is 12.1 Å². The lowest BCUT2D eigenvalue weighted by atomic mass is 10.2. The summed E-state index contributed by atoms with van der Waals surface area (Å²) < 4.78 is 41.4. The fourth-order valence-electron chi connectivity index (χ4n) is 1.07. The fourth-order valence-corrected chi connectivity index (χ4v) is 1.18. The van der Waals surface area contributed by atoms with Crippen molar-refractivity contribution in [3.05, 3.63) is 34.9 Å². The van der Waals surface area contributed by atoms with Crippen molar-refractivity contribution in [2.45, 2.75) is 13.1 Å². The Bertz CT molecular complexity index is 452. The molecule has 0 aliphatic rings. The average molecular weight is 265 g/mol. The first kappa shape index (κ1) is 13.6. The van der Waals surface area contributed by atoms with E-state index in [4.69, 9.17) is 16.3 Å². The highest BCUT2D eigenvalue weighted by Gasteiger charge is 2.32. The van der Waals surface area contributed by atoms with Crippen LogP contribution in [0.2, 0.25) is 0 Å². The summed E-state index contributed by atoms with van der Waals surface area (Å²) in [5.41, 5.74) is 0.0880. The zero-order valence-corrected chi connectivity index (χ0v) is 9.47. The van der Waals surface area contributed by atoms with Gasteiger partial charge < -0.3 is 4.74 Å². The number of alkyl halides is 3. The SMILES string of the molecule is CC(=O)Oc1ccccc1/C=C(\Cl)C(F)(F)F. The molecule has 0 aliphatic heterocycles. The van der Waals surface area contributed by atoms with E-state index in [1.54, 1.807) is 0 Å². The van der Waals surface area contributed by atoms with Crippen molar-refractivity contribution in [1.82, 2.24) is 0 Å². The van der Waals surface area contributed by atoms with Gasteiger partial charge in [-0.1, -0.05) is 29.8 Å². The van der Waals surface area contributed by atoms with Gasteiger partial charge in [0.05, 0.1) is 0 Å². The minimum absolute atomic E-state index is 0.0300. The number of rotatable bonds is 2.